The van der Waals surface area contributed by atoms with Crippen LogP contribution in [0.15, 0.2) is 12.1 Å². The topological polar surface area (TPSA) is 50.2 Å². The van der Waals surface area contributed by atoms with Crippen LogP contribution in [-0.2, 0) is 5.33 Å². The van der Waals surface area contributed by atoms with Crippen LogP contribution in [0.2, 0.25) is 5.15 Å². The van der Waals surface area contributed by atoms with Gasteiger partial charge in [0.25, 0.3) is 0 Å². The van der Waals surface area contributed by atoms with E-state index in [2.05, 4.69) is 20.9 Å². The molecule has 5 heteroatoms. The maximum absolute atomic E-state index is 10.5. The second-order valence-electron chi connectivity index (χ2n) is 2.08. The highest BCUT2D eigenvalue weighted by molar-refractivity contribution is 9.08. The molecule has 12 heavy (non-hydrogen) atoms. The highest BCUT2D eigenvalue weighted by Crippen LogP contribution is 2.14. The molecule has 0 bridgehead atoms. The van der Waals surface area contributed by atoms with Crippen LogP contribution in [0.1, 0.15) is 16.1 Å². The first-order valence-corrected chi connectivity index (χ1v) is 4.59. The largest absolute Gasteiger partial charge is 0.478 e. The lowest BCUT2D eigenvalue weighted by atomic mass is 10.2. The first-order valence-electron chi connectivity index (χ1n) is 3.10. The molecule has 1 heterocycles. The average Bonchev–Trinajstić information content (AvgIpc) is 2.03. The Morgan fingerprint density at radius 2 is 2.33 bits per heavy atom. The molecule has 0 aliphatic rings. The minimum absolute atomic E-state index is 0.0273. The number of nitrogens with zero attached hydrogens (tertiary/aromatic N) is 1. The van der Waals surface area contributed by atoms with E-state index in [0.29, 0.717) is 11.0 Å². The molecule has 0 aliphatic carbocycles. The van der Waals surface area contributed by atoms with E-state index in [0.717, 1.165) is 0 Å². The predicted molar refractivity (Wildman–Crippen MR) is 48.8 cm³/mol. The summed E-state index contributed by atoms with van der Waals surface area (Å²) in [7, 11) is 0. The standard InChI is InChI=1S/C7H5BrClNO2/c8-3-4-1-2-5(7(11)12)6(9)10-4/h1-2H,3H2,(H,11,12). The molecule has 0 saturated heterocycles. The molecule has 3 nitrogen and oxygen atoms in total. The minimum atomic E-state index is -1.06. The van der Waals surface area contributed by atoms with Gasteiger partial charge in [0.05, 0.1) is 11.3 Å². The first kappa shape index (κ1) is 9.48. The molecule has 0 unspecified atom stereocenters. The van der Waals surface area contributed by atoms with E-state index >= 15 is 0 Å². The Labute approximate surface area is 82.5 Å². The van der Waals surface area contributed by atoms with E-state index in [4.69, 9.17) is 16.7 Å². The molecular weight excluding hydrogens is 245 g/mol. The third-order valence-electron chi connectivity index (χ3n) is 1.27. The third kappa shape index (κ3) is 1.95. The van der Waals surface area contributed by atoms with E-state index < -0.39 is 5.97 Å². The van der Waals surface area contributed by atoms with Crippen LogP contribution < -0.4 is 0 Å². The van der Waals surface area contributed by atoms with Crippen LogP contribution >= 0.6 is 27.5 Å². The van der Waals surface area contributed by atoms with Gasteiger partial charge in [0, 0.05) is 5.33 Å². The van der Waals surface area contributed by atoms with Crippen molar-refractivity contribution in [1.29, 1.82) is 0 Å². The number of aromatic nitrogens is 1. The Hall–Kier alpha value is -0.610. The third-order valence-corrected chi connectivity index (χ3v) is 2.14. The number of aromatic carboxylic acids is 1. The van der Waals surface area contributed by atoms with Gasteiger partial charge in [-0.15, -0.1) is 0 Å². The highest BCUT2D eigenvalue weighted by atomic mass is 79.9. The van der Waals surface area contributed by atoms with Gasteiger partial charge in [0.1, 0.15) is 5.15 Å². The van der Waals surface area contributed by atoms with E-state index in [1.165, 1.54) is 6.07 Å². The second kappa shape index (κ2) is 3.87. The number of pyridine rings is 1. The lowest BCUT2D eigenvalue weighted by molar-refractivity contribution is 0.0696. The van der Waals surface area contributed by atoms with E-state index in [1.807, 2.05) is 0 Å². The predicted octanol–water partition coefficient (Wildman–Crippen LogP) is 2.33. The molecule has 0 saturated carbocycles. The first-order chi connectivity index (χ1) is 5.65. The van der Waals surface area contributed by atoms with E-state index in [1.54, 1.807) is 6.07 Å². The summed E-state index contributed by atoms with van der Waals surface area (Å²) in [6, 6.07) is 3.05. The van der Waals surface area contributed by atoms with Crippen molar-refractivity contribution >= 4 is 33.5 Å². The van der Waals surface area contributed by atoms with E-state index in [9.17, 15) is 4.79 Å². The van der Waals surface area contributed by atoms with Crippen molar-refractivity contribution in [3.63, 3.8) is 0 Å². The van der Waals surface area contributed by atoms with Gasteiger partial charge in [-0.1, -0.05) is 27.5 Å². The van der Waals surface area contributed by atoms with Gasteiger partial charge >= 0.3 is 5.97 Å². The van der Waals surface area contributed by atoms with Gasteiger partial charge in [-0.25, -0.2) is 9.78 Å². The lowest BCUT2D eigenvalue weighted by Crippen LogP contribution is -2.00. The SMILES string of the molecule is O=C(O)c1ccc(CBr)nc1Cl. The summed E-state index contributed by atoms with van der Waals surface area (Å²) in [4.78, 5) is 14.3. The molecule has 1 N–H and O–H groups in total. The Bertz CT molecular complexity index is 316. The molecule has 0 aromatic carbocycles. The van der Waals surface area contributed by atoms with Crippen molar-refractivity contribution in [1.82, 2.24) is 4.98 Å². The molecular formula is C7H5BrClNO2. The summed E-state index contributed by atoms with van der Waals surface area (Å²) in [5.74, 6) is -1.06. The molecule has 1 aromatic rings. The summed E-state index contributed by atoms with van der Waals surface area (Å²) in [6.07, 6.45) is 0. The zero-order valence-corrected chi connectivity index (χ0v) is 8.26. The average molecular weight is 250 g/mol. The zero-order chi connectivity index (χ0) is 9.14. The van der Waals surface area contributed by atoms with Gasteiger partial charge in [0.2, 0.25) is 0 Å². The highest BCUT2D eigenvalue weighted by Gasteiger charge is 2.09. The Morgan fingerprint density at radius 3 is 2.75 bits per heavy atom. The lowest BCUT2D eigenvalue weighted by Gasteiger charge is -1.99. The molecule has 0 atom stereocenters. The van der Waals surface area contributed by atoms with Crippen molar-refractivity contribution < 1.29 is 9.90 Å². The van der Waals surface area contributed by atoms with Crippen LogP contribution in [-0.4, -0.2) is 16.1 Å². The van der Waals surface area contributed by atoms with Gasteiger partial charge in [-0.3, -0.25) is 0 Å². The monoisotopic (exact) mass is 249 g/mol. The molecule has 0 radical (unpaired) electrons. The number of carboxylic acids is 1. The van der Waals surface area contributed by atoms with Crippen LogP contribution in [0.5, 0.6) is 0 Å². The van der Waals surface area contributed by atoms with Gasteiger partial charge in [-0.2, -0.15) is 0 Å². The fraction of sp³-hybridized carbons (Fsp3) is 0.143. The van der Waals surface area contributed by atoms with Crippen molar-refractivity contribution in [2.75, 3.05) is 0 Å². The number of hydrogen-bond donors (Lipinski definition) is 1. The van der Waals surface area contributed by atoms with Crippen molar-refractivity contribution in [2.24, 2.45) is 0 Å². The van der Waals surface area contributed by atoms with Gasteiger partial charge < -0.3 is 5.11 Å². The number of carboxylic acid groups (broad SMARTS) is 1. The minimum Gasteiger partial charge on any atom is -0.478 e. The van der Waals surface area contributed by atoms with Crippen LogP contribution in [0, 0.1) is 0 Å². The molecule has 64 valence electrons. The smallest absolute Gasteiger partial charge is 0.338 e. The van der Waals surface area contributed by atoms with Crippen LogP contribution in [0.4, 0.5) is 0 Å². The zero-order valence-electron chi connectivity index (χ0n) is 5.92. The van der Waals surface area contributed by atoms with Crippen molar-refractivity contribution in [3.8, 4) is 0 Å². The maximum atomic E-state index is 10.5. The van der Waals surface area contributed by atoms with Crippen molar-refractivity contribution in [2.45, 2.75) is 5.33 Å². The van der Waals surface area contributed by atoms with Crippen molar-refractivity contribution in [3.05, 3.63) is 28.5 Å². The van der Waals surface area contributed by atoms with Gasteiger partial charge in [0.15, 0.2) is 0 Å². The summed E-state index contributed by atoms with van der Waals surface area (Å²) >= 11 is 8.78. The number of hydrogen-bond acceptors (Lipinski definition) is 2. The molecule has 0 spiro atoms. The maximum Gasteiger partial charge on any atom is 0.338 e. The Morgan fingerprint density at radius 1 is 1.67 bits per heavy atom. The molecule has 1 rings (SSSR count). The summed E-state index contributed by atoms with van der Waals surface area (Å²) in [5.41, 5.74) is 0.742. The Balaban J connectivity index is 3.12. The Kier molecular flexibility index (Phi) is 3.05. The fourth-order valence-corrected chi connectivity index (χ4v) is 1.27. The summed E-state index contributed by atoms with van der Waals surface area (Å²) < 4.78 is 0. The van der Waals surface area contributed by atoms with E-state index in [-0.39, 0.29) is 10.7 Å². The number of alkyl halides is 1. The molecule has 1 aromatic heterocycles. The number of halogens is 2. The molecule has 0 amide bonds. The van der Waals surface area contributed by atoms with Crippen LogP contribution in [0.3, 0.4) is 0 Å². The summed E-state index contributed by atoms with van der Waals surface area (Å²) in [6.45, 7) is 0. The molecule has 0 aliphatic heterocycles. The van der Waals surface area contributed by atoms with Gasteiger partial charge in [-0.05, 0) is 12.1 Å². The number of carbonyl (C=O) groups is 1. The fourth-order valence-electron chi connectivity index (χ4n) is 0.706. The quantitative estimate of drug-likeness (QED) is 0.647. The second-order valence-corrected chi connectivity index (χ2v) is 3.00. The molecule has 0 fully saturated rings. The summed E-state index contributed by atoms with van der Waals surface area (Å²) in [5, 5.41) is 9.18. The normalized spacial score (nSPS) is 9.83. The van der Waals surface area contributed by atoms with Crippen LogP contribution in [0.25, 0.3) is 0 Å². The number of rotatable bonds is 2.